The first-order valence-corrected chi connectivity index (χ1v) is 9.66. The fraction of sp³-hybridized carbons (Fsp3) is 0.682. The van der Waals surface area contributed by atoms with Crippen LogP contribution in [-0.2, 0) is 11.2 Å². The highest BCUT2D eigenvalue weighted by atomic mass is 16.5. The van der Waals surface area contributed by atoms with Gasteiger partial charge in [0.2, 0.25) is 5.91 Å². The number of benzene rings is 1. The van der Waals surface area contributed by atoms with Gasteiger partial charge in [0.15, 0.2) is 0 Å². The molecular weight excluding hydrogens is 310 g/mol. The maximum atomic E-state index is 12.1. The van der Waals surface area contributed by atoms with Gasteiger partial charge in [0.05, 0.1) is 1.37 Å². The lowest BCUT2D eigenvalue weighted by molar-refractivity contribution is -0.122. The molecule has 1 aliphatic carbocycles. The topological polar surface area (TPSA) is 38.3 Å². The molecule has 3 heteroatoms. The third kappa shape index (κ3) is 3.18. The second kappa shape index (κ2) is 7.01. The van der Waals surface area contributed by atoms with Gasteiger partial charge < -0.3 is 10.1 Å². The average Bonchev–Trinajstić information content (AvgIpc) is 3.04. The van der Waals surface area contributed by atoms with E-state index in [-0.39, 0.29) is 23.8 Å². The highest BCUT2D eigenvalue weighted by Crippen LogP contribution is 2.51. The lowest BCUT2D eigenvalue weighted by Crippen LogP contribution is -2.39. The number of hydrogen-bond donors (Lipinski definition) is 1. The highest BCUT2D eigenvalue weighted by molar-refractivity contribution is 5.76. The van der Waals surface area contributed by atoms with Crippen molar-refractivity contribution >= 4 is 5.91 Å². The number of fused-ring (bicyclic) bond motifs is 3. The second-order valence-corrected chi connectivity index (χ2v) is 7.86. The second-order valence-electron chi connectivity index (χ2n) is 7.86. The summed E-state index contributed by atoms with van der Waals surface area (Å²) < 4.78 is 23.5. The molecule has 2 aliphatic rings. The van der Waals surface area contributed by atoms with E-state index < -0.39 is 12.0 Å². The van der Waals surface area contributed by atoms with Crippen LogP contribution >= 0.6 is 0 Å². The molecule has 25 heavy (non-hydrogen) atoms. The molecule has 0 fully saturated rings. The van der Waals surface area contributed by atoms with Crippen molar-refractivity contribution in [2.45, 2.75) is 91.2 Å². The Morgan fingerprint density at radius 3 is 2.80 bits per heavy atom. The van der Waals surface area contributed by atoms with Crippen molar-refractivity contribution in [2.75, 3.05) is 0 Å². The van der Waals surface area contributed by atoms with Crippen LogP contribution in [0.25, 0.3) is 0 Å². The molecule has 1 N–H and O–H groups in total. The summed E-state index contributed by atoms with van der Waals surface area (Å²) in [5, 5.41) is 3.15. The molecule has 138 valence electrons. The van der Waals surface area contributed by atoms with Crippen molar-refractivity contribution in [3.63, 3.8) is 0 Å². The van der Waals surface area contributed by atoms with E-state index in [9.17, 15) is 4.79 Å². The van der Waals surface area contributed by atoms with E-state index >= 15 is 0 Å². The van der Waals surface area contributed by atoms with Gasteiger partial charge in [-0.15, -0.1) is 0 Å². The molecule has 1 heterocycles. The van der Waals surface area contributed by atoms with Crippen LogP contribution < -0.4 is 10.1 Å². The number of nitrogens with one attached hydrogen (secondary N) is 1. The largest absolute Gasteiger partial charge is 0.490 e. The zero-order valence-corrected chi connectivity index (χ0v) is 16.5. The van der Waals surface area contributed by atoms with Gasteiger partial charge in [-0.25, -0.2) is 0 Å². The van der Waals surface area contributed by atoms with E-state index in [0.717, 1.165) is 36.1 Å². The fourth-order valence-corrected chi connectivity index (χ4v) is 4.44. The zero-order valence-electron chi connectivity index (χ0n) is 18.5. The van der Waals surface area contributed by atoms with Crippen LogP contribution in [0, 0.1) is 12.8 Å². The molecule has 1 aromatic carbocycles. The fourth-order valence-electron chi connectivity index (χ4n) is 4.44. The maximum absolute atomic E-state index is 12.1. The number of hydrogen-bond acceptors (Lipinski definition) is 2. The summed E-state index contributed by atoms with van der Waals surface area (Å²) in [6.45, 7) is 11.8. The first-order chi connectivity index (χ1) is 12.5. The Balaban J connectivity index is 1.99. The molecule has 0 bridgehead atoms. The summed E-state index contributed by atoms with van der Waals surface area (Å²) in [4.78, 5) is 12.1. The van der Waals surface area contributed by atoms with Gasteiger partial charge in [-0.2, -0.15) is 0 Å². The number of amides is 1. The van der Waals surface area contributed by atoms with Gasteiger partial charge in [-0.3, -0.25) is 4.79 Å². The van der Waals surface area contributed by atoms with E-state index in [2.05, 4.69) is 25.2 Å². The van der Waals surface area contributed by atoms with Crippen molar-refractivity contribution in [1.29, 1.82) is 0 Å². The molecule has 4 unspecified atom stereocenters. The van der Waals surface area contributed by atoms with E-state index in [4.69, 9.17) is 7.48 Å². The summed E-state index contributed by atoms with van der Waals surface area (Å²) in [6.07, 6.45) is 2.11. The molecule has 1 amide bonds. The quantitative estimate of drug-likeness (QED) is 0.828. The first-order valence-electron chi connectivity index (χ1n) is 10.7. The number of aryl methyl sites for hydroxylation is 2. The Hall–Kier alpha value is -1.51. The van der Waals surface area contributed by atoms with E-state index in [1.165, 1.54) is 11.1 Å². The van der Waals surface area contributed by atoms with Gasteiger partial charge in [-0.1, -0.05) is 26.8 Å². The minimum Gasteiger partial charge on any atom is -0.490 e. The summed E-state index contributed by atoms with van der Waals surface area (Å²) in [7, 11) is 0. The minimum absolute atomic E-state index is 0.0682. The van der Waals surface area contributed by atoms with Gasteiger partial charge in [0, 0.05) is 25.3 Å². The summed E-state index contributed by atoms with van der Waals surface area (Å²) in [5.41, 5.74) is 4.41. The highest BCUT2D eigenvalue weighted by Gasteiger charge is 2.39. The molecule has 1 aromatic rings. The smallest absolute Gasteiger partial charge is 0.220 e. The van der Waals surface area contributed by atoms with Gasteiger partial charge in [-0.05, 0) is 68.6 Å². The Labute approximate surface area is 155 Å². The van der Waals surface area contributed by atoms with Crippen molar-refractivity contribution in [3.05, 3.63) is 28.3 Å². The predicted octanol–water partition coefficient (Wildman–Crippen LogP) is 4.85. The number of carbonyl (C=O) groups is 1. The maximum Gasteiger partial charge on any atom is 0.220 e. The van der Waals surface area contributed by atoms with E-state index in [0.29, 0.717) is 6.42 Å². The van der Waals surface area contributed by atoms with Crippen LogP contribution in [-0.4, -0.2) is 18.0 Å². The van der Waals surface area contributed by atoms with Gasteiger partial charge >= 0.3 is 0 Å². The summed E-state index contributed by atoms with van der Waals surface area (Å²) in [6, 6.07) is 2.25. The third-order valence-electron chi connectivity index (χ3n) is 6.13. The van der Waals surface area contributed by atoms with Crippen molar-refractivity contribution in [1.82, 2.24) is 5.32 Å². The minimum atomic E-state index is -1.30. The molecular formula is C22H33NO2. The molecule has 0 radical (unpaired) electrons. The van der Waals surface area contributed by atoms with Crippen LogP contribution in [0.15, 0.2) is 6.07 Å². The average molecular weight is 346 g/mol. The van der Waals surface area contributed by atoms with Crippen molar-refractivity contribution in [3.8, 4) is 5.75 Å². The first kappa shape index (κ1) is 15.7. The Kier molecular flexibility index (Phi) is 4.41. The Bertz CT molecular complexity index is 757. The molecule has 5 atom stereocenters. The monoisotopic (exact) mass is 345 g/mol. The van der Waals surface area contributed by atoms with E-state index in [1.54, 1.807) is 13.8 Å². The molecule has 3 rings (SSSR count). The zero-order chi connectivity index (χ0) is 20.1. The Morgan fingerprint density at radius 1 is 1.40 bits per heavy atom. The summed E-state index contributed by atoms with van der Waals surface area (Å²) >= 11 is 0. The van der Waals surface area contributed by atoms with Crippen molar-refractivity contribution < 1.29 is 12.3 Å². The lowest BCUT2D eigenvalue weighted by atomic mass is 9.79. The van der Waals surface area contributed by atoms with Crippen LogP contribution in [0.5, 0.6) is 5.75 Å². The van der Waals surface area contributed by atoms with E-state index in [1.807, 2.05) is 13.8 Å². The molecule has 0 aromatic heterocycles. The molecule has 0 saturated heterocycles. The molecule has 0 saturated carbocycles. The number of carbonyl (C=O) groups excluding carboxylic acids is 1. The van der Waals surface area contributed by atoms with Crippen LogP contribution in [0.2, 0.25) is 0 Å². The SMILES string of the molecule is [2H]C1(C)Oc2c(C)cc3c(c2C1([2H])C)[C@H](C(C)C(C)NC(=O)CCC)CC3. The lowest BCUT2D eigenvalue weighted by Gasteiger charge is -2.29. The summed E-state index contributed by atoms with van der Waals surface area (Å²) in [5.74, 6) is 0.248. The molecule has 0 spiro atoms. The van der Waals surface area contributed by atoms with Crippen LogP contribution in [0.3, 0.4) is 0 Å². The normalized spacial score (nSPS) is 33.6. The Morgan fingerprint density at radius 2 is 2.12 bits per heavy atom. The molecule has 1 aliphatic heterocycles. The van der Waals surface area contributed by atoms with Gasteiger partial charge in [0.1, 0.15) is 11.8 Å². The molecule has 3 nitrogen and oxygen atoms in total. The third-order valence-corrected chi connectivity index (χ3v) is 6.13. The van der Waals surface area contributed by atoms with Crippen molar-refractivity contribution in [2.24, 2.45) is 5.92 Å². The van der Waals surface area contributed by atoms with Gasteiger partial charge in [0.25, 0.3) is 0 Å². The predicted molar refractivity (Wildman–Crippen MR) is 102 cm³/mol. The van der Waals surface area contributed by atoms with Crippen LogP contribution in [0.1, 0.15) is 90.7 Å². The number of rotatable bonds is 5. The number of ether oxygens (including phenoxy) is 1. The standard InChI is InChI=1S/C22H33NO2/c1-7-8-19(24)23-15(5)13(3)18-10-9-17-11-12(2)22-20(21(17)18)14(4)16(6)25-22/h11,13-16,18H,7-10H2,1-6H3,(H,23,24)/t13?,14?,15?,16?,18-/m0/s1/i14D,16D. The van der Waals surface area contributed by atoms with Crippen LogP contribution in [0.4, 0.5) is 0 Å².